The molecule has 0 unspecified atom stereocenters. The first-order valence-electron chi connectivity index (χ1n) is 10.3. The number of hydrogen-bond donors (Lipinski definition) is 0. The number of rotatable bonds is 5. The number of aryl methyl sites for hydroxylation is 1. The van der Waals surface area contributed by atoms with Gasteiger partial charge in [-0.2, -0.15) is 0 Å². The number of hydrogen-bond acceptors (Lipinski definition) is 5. The van der Waals surface area contributed by atoms with Gasteiger partial charge in [-0.1, -0.05) is 41.6 Å². The molecule has 0 spiro atoms. The predicted molar refractivity (Wildman–Crippen MR) is 119 cm³/mol. The number of carbonyl (C=O) groups excluding carboxylic acids is 1. The molecule has 0 bridgehead atoms. The maximum Gasteiger partial charge on any atom is 0.233 e. The maximum absolute atomic E-state index is 14.5. The zero-order chi connectivity index (χ0) is 22.0. The lowest BCUT2D eigenvalue weighted by Crippen LogP contribution is -2.48. The highest BCUT2D eigenvalue weighted by Crippen LogP contribution is 2.30. The van der Waals surface area contributed by atoms with E-state index >= 15 is 0 Å². The molecule has 1 amide bonds. The molecule has 6 nitrogen and oxygen atoms in total. The van der Waals surface area contributed by atoms with E-state index in [1.54, 1.807) is 22.8 Å². The van der Waals surface area contributed by atoms with Gasteiger partial charge in [-0.15, -0.1) is 10.2 Å². The molecule has 162 valence electrons. The summed E-state index contributed by atoms with van der Waals surface area (Å²) in [6, 6.07) is 14.3. The van der Waals surface area contributed by atoms with Gasteiger partial charge in [0.2, 0.25) is 5.91 Å². The molecule has 2 aromatic carbocycles. The largest absolute Gasteiger partial charge is 0.372 e. The van der Waals surface area contributed by atoms with Gasteiger partial charge in [-0.05, 0) is 45.0 Å². The van der Waals surface area contributed by atoms with Crippen molar-refractivity contribution in [2.24, 2.45) is 0 Å². The average molecular weight is 441 g/mol. The molecule has 4 rings (SSSR count). The second kappa shape index (κ2) is 9.20. The number of benzene rings is 2. The highest BCUT2D eigenvalue weighted by molar-refractivity contribution is 7.99. The SMILES string of the molecule is Cc1ccc(-n2c(SCC(=O)N3C[C@@H](C)O[C@@H](C)C3)nnc2-c2ccccc2F)cc1. The van der Waals surface area contributed by atoms with E-state index in [0.29, 0.717) is 29.6 Å². The third-order valence-corrected chi connectivity index (χ3v) is 6.05. The smallest absolute Gasteiger partial charge is 0.233 e. The molecule has 3 aromatic rings. The number of morpholine rings is 1. The Morgan fingerprint density at radius 2 is 1.77 bits per heavy atom. The van der Waals surface area contributed by atoms with Gasteiger partial charge in [0.15, 0.2) is 11.0 Å². The minimum absolute atomic E-state index is 0.0153. The Kier molecular flexibility index (Phi) is 6.38. The van der Waals surface area contributed by atoms with Crippen molar-refractivity contribution in [2.75, 3.05) is 18.8 Å². The van der Waals surface area contributed by atoms with Crippen LogP contribution in [0, 0.1) is 12.7 Å². The summed E-state index contributed by atoms with van der Waals surface area (Å²) >= 11 is 1.31. The molecule has 1 fully saturated rings. The molecule has 1 aromatic heterocycles. The van der Waals surface area contributed by atoms with E-state index in [-0.39, 0.29) is 29.7 Å². The lowest BCUT2D eigenvalue weighted by Gasteiger charge is -2.35. The molecule has 1 aliphatic heterocycles. The second-order valence-corrected chi connectivity index (χ2v) is 8.74. The van der Waals surface area contributed by atoms with E-state index in [2.05, 4.69) is 10.2 Å². The van der Waals surface area contributed by atoms with Gasteiger partial charge in [0.25, 0.3) is 0 Å². The zero-order valence-corrected chi connectivity index (χ0v) is 18.6. The van der Waals surface area contributed by atoms with Gasteiger partial charge < -0.3 is 9.64 Å². The molecule has 2 heterocycles. The summed E-state index contributed by atoms with van der Waals surface area (Å²) in [4.78, 5) is 14.6. The summed E-state index contributed by atoms with van der Waals surface area (Å²) in [7, 11) is 0. The number of amides is 1. The summed E-state index contributed by atoms with van der Waals surface area (Å²) in [5, 5.41) is 9.11. The van der Waals surface area contributed by atoms with Crippen LogP contribution >= 0.6 is 11.8 Å². The summed E-state index contributed by atoms with van der Waals surface area (Å²) in [6.07, 6.45) is 0.0307. The fourth-order valence-electron chi connectivity index (χ4n) is 3.71. The van der Waals surface area contributed by atoms with Crippen molar-refractivity contribution in [3.8, 4) is 17.1 Å². The van der Waals surface area contributed by atoms with E-state index in [1.807, 2.05) is 49.9 Å². The summed E-state index contributed by atoms with van der Waals surface area (Å²) < 4.78 is 22.0. The van der Waals surface area contributed by atoms with Crippen LogP contribution in [0.3, 0.4) is 0 Å². The fourth-order valence-corrected chi connectivity index (χ4v) is 4.56. The fraction of sp³-hybridized carbons (Fsp3) is 0.348. The number of nitrogens with zero attached hydrogens (tertiary/aromatic N) is 4. The van der Waals surface area contributed by atoms with Crippen molar-refractivity contribution < 1.29 is 13.9 Å². The normalized spacial score (nSPS) is 18.9. The lowest BCUT2D eigenvalue weighted by atomic mass is 10.2. The molecule has 31 heavy (non-hydrogen) atoms. The van der Waals surface area contributed by atoms with E-state index in [0.717, 1.165) is 11.3 Å². The Morgan fingerprint density at radius 1 is 1.10 bits per heavy atom. The maximum atomic E-state index is 14.5. The van der Waals surface area contributed by atoms with Crippen LogP contribution in [0.4, 0.5) is 4.39 Å². The summed E-state index contributed by atoms with van der Waals surface area (Å²) in [5.74, 6) is 0.288. The Labute approximate surface area is 185 Å². The summed E-state index contributed by atoms with van der Waals surface area (Å²) in [5.41, 5.74) is 2.30. The molecule has 2 atom stereocenters. The highest BCUT2D eigenvalue weighted by Gasteiger charge is 2.27. The molecule has 1 saturated heterocycles. The van der Waals surface area contributed by atoms with Gasteiger partial charge in [0, 0.05) is 18.8 Å². The second-order valence-electron chi connectivity index (χ2n) is 7.80. The van der Waals surface area contributed by atoms with Crippen molar-refractivity contribution in [1.29, 1.82) is 0 Å². The molecule has 8 heteroatoms. The van der Waals surface area contributed by atoms with Crippen molar-refractivity contribution in [1.82, 2.24) is 19.7 Å². The first kappa shape index (κ1) is 21.5. The molecule has 0 radical (unpaired) electrons. The van der Waals surface area contributed by atoms with Gasteiger partial charge >= 0.3 is 0 Å². The van der Waals surface area contributed by atoms with Crippen LogP contribution in [0.25, 0.3) is 17.1 Å². The van der Waals surface area contributed by atoms with Crippen LogP contribution in [-0.2, 0) is 9.53 Å². The van der Waals surface area contributed by atoms with E-state index < -0.39 is 0 Å². The van der Waals surface area contributed by atoms with Crippen LogP contribution in [0.15, 0.2) is 53.7 Å². The van der Waals surface area contributed by atoms with Gasteiger partial charge in [0.1, 0.15) is 5.82 Å². The van der Waals surface area contributed by atoms with Crippen molar-refractivity contribution in [2.45, 2.75) is 38.1 Å². The number of thioether (sulfide) groups is 1. The highest BCUT2D eigenvalue weighted by atomic mass is 32.2. The Morgan fingerprint density at radius 3 is 2.45 bits per heavy atom. The van der Waals surface area contributed by atoms with Crippen LogP contribution in [0.5, 0.6) is 0 Å². The molecule has 0 aliphatic carbocycles. The number of aromatic nitrogens is 3. The molecular formula is C23H25FN4O2S. The van der Waals surface area contributed by atoms with Crippen molar-refractivity contribution in [3.63, 3.8) is 0 Å². The van der Waals surface area contributed by atoms with Crippen molar-refractivity contribution in [3.05, 3.63) is 59.9 Å². The minimum atomic E-state index is -0.368. The average Bonchev–Trinajstić information content (AvgIpc) is 3.16. The van der Waals surface area contributed by atoms with Crippen LogP contribution < -0.4 is 0 Å². The first-order chi connectivity index (χ1) is 14.9. The minimum Gasteiger partial charge on any atom is -0.372 e. The quantitative estimate of drug-likeness (QED) is 0.559. The molecule has 0 saturated carbocycles. The van der Waals surface area contributed by atoms with Crippen LogP contribution in [0.2, 0.25) is 0 Å². The third kappa shape index (κ3) is 4.80. The number of halogens is 1. The van der Waals surface area contributed by atoms with Gasteiger partial charge in [-0.25, -0.2) is 4.39 Å². The number of carbonyl (C=O) groups is 1. The van der Waals surface area contributed by atoms with E-state index in [9.17, 15) is 9.18 Å². The van der Waals surface area contributed by atoms with E-state index in [1.165, 1.54) is 17.8 Å². The van der Waals surface area contributed by atoms with Gasteiger partial charge in [-0.3, -0.25) is 9.36 Å². The Balaban J connectivity index is 1.62. The first-order valence-corrected chi connectivity index (χ1v) is 11.2. The Bertz CT molecular complexity index is 1060. The number of ether oxygens (including phenoxy) is 1. The monoisotopic (exact) mass is 440 g/mol. The van der Waals surface area contributed by atoms with E-state index in [4.69, 9.17) is 4.74 Å². The summed E-state index contributed by atoms with van der Waals surface area (Å²) in [6.45, 7) is 7.10. The third-order valence-electron chi connectivity index (χ3n) is 5.14. The molecular weight excluding hydrogens is 415 g/mol. The van der Waals surface area contributed by atoms with Gasteiger partial charge in [0.05, 0.1) is 23.5 Å². The Hall–Kier alpha value is -2.71. The predicted octanol–water partition coefficient (Wildman–Crippen LogP) is 4.11. The van der Waals surface area contributed by atoms with Crippen LogP contribution in [0.1, 0.15) is 19.4 Å². The standard InChI is InChI=1S/C23H25FN4O2S/c1-15-8-10-18(11-9-15)28-22(19-6-4-5-7-20(19)24)25-26-23(28)31-14-21(29)27-12-16(2)30-17(3)13-27/h4-11,16-17H,12-14H2,1-3H3/t16-,17+. The van der Waals surface area contributed by atoms with Crippen LogP contribution in [-0.4, -0.2) is 56.6 Å². The lowest BCUT2D eigenvalue weighted by molar-refractivity contribution is -0.140. The topological polar surface area (TPSA) is 60.2 Å². The molecule has 0 N–H and O–H groups in total. The van der Waals surface area contributed by atoms with Crippen molar-refractivity contribution >= 4 is 17.7 Å². The zero-order valence-electron chi connectivity index (χ0n) is 17.8. The molecule has 1 aliphatic rings.